The number of thioether (sulfide) groups is 1. The van der Waals surface area contributed by atoms with Crippen LogP contribution in [-0.2, 0) is 4.79 Å². The summed E-state index contributed by atoms with van der Waals surface area (Å²) in [6, 6.07) is 14.5. The van der Waals surface area contributed by atoms with E-state index in [0.29, 0.717) is 6.04 Å². The van der Waals surface area contributed by atoms with Crippen LogP contribution in [0.3, 0.4) is 0 Å². The maximum Gasteiger partial charge on any atom is 0.260 e. The van der Waals surface area contributed by atoms with Crippen LogP contribution in [-0.4, -0.2) is 66.0 Å². The lowest BCUT2D eigenvalue weighted by molar-refractivity contribution is -0.135. The number of rotatable bonds is 5. The third kappa shape index (κ3) is 4.77. The van der Waals surface area contributed by atoms with Crippen LogP contribution in [0.25, 0.3) is 10.8 Å². The average Bonchev–Trinajstić information content (AvgIpc) is 3.10. The van der Waals surface area contributed by atoms with Gasteiger partial charge in [0.25, 0.3) is 5.91 Å². The van der Waals surface area contributed by atoms with Crippen molar-refractivity contribution in [2.24, 2.45) is 0 Å². The molecule has 2 saturated heterocycles. The number of nitrogens with zero attached hydrogens (tertiary/aromatic N) is 2. The molecule has 27 heavy (non-hydrogen) atoms. The van der Waals surface area contributed by atoms with E-state index in [1.807, 2.05) is 42.1 Å². The molecule has 4 nitrogen and oxygen atoms in total. The Hall–Kier alpha value is -1.72. The molecule has 2 aliphatic heterocycles. The molecule has 2 aromatic carbocycles. The number of hydrogen-bond acceptors (Lipinski definition) is 4. The molecule has 144 valence electrons. The van der Waals surface area contributed by atoms with Crippen molar-refractivity contribution >= 4 is 28.4 Å². The molecule has 1 unspecified atom stereocenters. The number of benzene rings is 2. The highest BCUT2D eigenvalue weighted by molar-refractivity contribution is 7.99. The minimum Gasteiger partial charge on any atom is -0.484 e. The Morgan fingerprint density at radius 3 is 2.70 bits per heavy atom. The van der Waals surface area contributed by atoms with Crippen LogP contribution in [0.5, 0.6) is 5.75 Å². The Kier molecular flexibility index (Phi) is 6.20. The highest BCUT2D eigenvalue weighted by Gasteiger charge is 2.28. The first kappa shape index (κ1) is 18.6. The number of ether oxygens (including phenoxy) is 1. The van der Waals surface area contributed by atoms with E-state index in [1.165, 1.54) is 31.3 Å². The van der Waals surface area contributed by atoms with Crippen molar-refractivity contribution in [3.8, 4) is 5.75 Å². The Balaban J connectivity index is 1.39. The first-order valence-corrected chi connectivity index (χ1v) is 11.2. The molecule has 0 bridgehead atoms. The standard InChI is InChI=1S/C22H28N2O2S/c25-22(16-26-21-9-8-18-6-1-2-7-19(18)14-21)24-12-5-13-27-17-20(24)15-23-10-3-4-11-23/h1-2,6-9,14,20H,3-5,10-13,15-17H2. The summed E-state index contributed by atoms with van der Waals surface area (Å²) in [5, 5.41) is 2.33. The van der Waals surface area contributed by atoms with Crippen LogP contribution in [0, 0.1) is 0 Å². The van der Waals surface area contributed by atoms with Crippen LogP contribution >= 0.6 is 11.8 Å². The number of amides is 1. The van der Waals surface area contributed by atoms with Gasteiger partial charge in [-0.05, 0) is 61.0 Å². The number of hydrogen-bond donors (Lipinski definition) is 0. The summed E-state index contributed by atoms with van der Waals surface area (Å²) in [7, 11) is 0. The van der Waals surface area contributed by atoms with E-state index in [1.54, 1.807) is 0 Å². The van der Waals surface area contributed by atoms with Gasteiger partial charge in [-0.15, -0.1) is 0 Å². The van der Waals surface area contributed by atoms with Crippen LogP contribution in [0.4, 0.5) is 0 Å². The molecule has 0 spiro atoms. The molecule has 0 N–H and O–H groups in total. The molecule has 0 aromatic heterocycles. The Morgan fingerprint density at radius 2 is 1.85 bits per heavy atom. The van der Waals surface area contributed by atoms with Gasteiger partial charge in [0.15, 0.2) is 6.61 Å². The SMILES string of the molecule is O=C(COc1ccc2ccccc2c1)N1CCCSCC1CN1CCCC1. The normalized spacial score (nSPS) is 21.3. The van der Waals surface area contributed by atoms with Crippen molar-refractivity contribution in [2.45, 2.75) is 25.3 Å². The third-order valence-electron chi connectivity index (χ3n) is 5.51. The molecular weight excluding hydrogens is 356 g/mol. The van der Waals surface area contributed by atoms with Crippen molar-refractivity contribution in [3.63, 3.8) is 0 Å². The summed E-state index contributed by atoms with van der Waals surface area (Å²) in [6.45, 7) is 4.34. The lowest BCUT2D eigenvalue weighted by atomic mass is 10.1. The lowest BCUT2D eigenvalue weighted by Gasteiger charge is -2.32. The maximum absolute atomic E-state index is 12.9. The molecule has 2 aliphatic rings. The summed E-state index contributed by atoms with van der Waals surface area (Å²) in [4.78, 5) is 17.5. The van der Waals surface area contributed by atoms with E-state index in [4.69, 9.17) is 4.74 Å². The zero-order valence-corrected chi connectivity index (χ0v) is 16.6. The summed E-state index contributed by atoms with van der Waals surface area (Å²) < 4.78 is 5.88. The van der Waals surface area contributed by atoms with Gasteiger partial charge in [-0.2, -0.15) is 11.8 Å². The molecular formula is C22H28N2O2S. The van der Waals surface area contributed by atoms with Crippen molar-refractivity contribution in [2.75, 3.05) is 44.3 Å². The first-order chi connectivity index (χ1) is 13.3. The van der Waals surface area contributed by atoms with Gasteiger partial charge in [0.2, 0.25) is 0 Å². The molecule has 5 heteroatoms. The highest BCUT2D eigenvalue weighted by atomic mass is 32.2. The van der Waals surface area contributed by atoms with Gasteiger partial charge in [-0.25, -0.2) is 0 Å². The van der Waals surface area contributed by atoms with E-state index in [2.05, 4.69) is 21.9 Å². The highest BCUT2D eigenvalue weighted by Crippen LogP contribution is 2.22. The molecule has 2 aromatic rings. The summed E-state index contributed by atoms with van der Waals surface area (Å²) in [5.74, 6) is 3.07. The monoisotopic (exact) mass is 384 g/mol. The van der Waals surface area contributed by atoms with Gasteiger partial charge in [0.05, 0.1) is 6.04 Å². The second-order valence-corrected chi connectivity index (χ2v) is 8.62. The van der Waals surface area contributed by atoms with E-state index in [0.717, 1.165) is 42.2 Å². The number of fused-ring (bicyclic) bond motifs is 1. The fraction of sp³-hybridized carbons (Fsp3) is 0.500. The van der Waals surface area contributed by atoms with Gasteiger partial charge >= 0.3 is 0 Å². The number of carbonyl (C=O) groups is 1. The molecule has 1 atom stereocenters. The van der Waals surface area contributed by atoms with Gasteiger partial charge in [0, 0.05) is 18.8 Å². The molecule has 1 amide bonds. The Bertz CT molecular complexity index is 776. The fourth-order valence-corrected chi connectivity index (χ4v) is 5.11. The van der Waals surface area contributed by atoms with Gasteiger partial charge < -0.3 is 14.5 Å². The van der Waals surface area contributed by atoms with Gasteiger partial charge in [0.1, 0.15) is 5.75 Å². The molecule has 0 saturated carbocycles. The smallest absolute Gasteiger partial charge is 0.260 e. The summed E-state index contributed by atoms with van der Waals surface area (Å²) in [6.07, 6.45) is 3.65. The average molecular weight is 385 g/mol. The predicted molar refractivity (Wildman–Crippen MR) is 113 cm³/mol. The quantitative estimate of drug-likeness (QED) is 0.788. The maximum atomic E-state index is 12.9. The predicted octanol–water partition coefficient (Wildman–Crippen LogP) is 3.65. The summed E-state index contributed by atoms with van der Waals surface area (Å²) >= 11 is 1.98. The van der Waals surface area contributed by atoms with Crippen molar-refractivity contribution < 1.29 is 9.53 Å². The van der Waals surface area contributed by atoms with Gasteiger partial charge in [-0.3, -0.25) is 4.79 Å². The van der Waals surface area contributed by atoms with Gasteiger partial charge in [-0.1, -0.05) is 30.3 Å². The zero-order valence-electron chi connectivity index (χ0n) is 15.8. The van der Waals surface area contributed by atoms with Crippen molar-refractivity contribution in [3.05, 3.63) is 42.5 Å². The molecule has 0 radical (unpaired) electrons. The second-order valence-electron chi connectivity index (χ2n) is 7.47. The van der Waals surface area contributed by atoms with Crippen molar-refractivity contribution in [1.82, 2.24) is 9.80 Å². The summed E-state index contributed by atoms with van der Waals surface area (Å²) in [5.41, 5.74) is 0. The molecule has 4 rings (SSSR count). The number of carbonyl (C=O) groups excluding carboxylic acids is 1. The Morgan fingerprint density at radius 1 is 1.04 bits per heavy atom. The van der Waals surface area contributed by atoms with Crippen LogP contribution in [0.1, 0.15) is 19.3 Å². The van der Waals surface area contributed by atoms with E-state index < -0.39 is 0 Å². The molecule has 2 fully saturated rings. The van der Waals surface area contributed by atoms with Crippen LogP contribution in [0.2, 0.25) is 0 Å². The second kappa shape index (κ2) is 8.98. The van der Waals surface area contributed by atoms with E-state index in [9.17, 15) is 4.79 Å². The largest absolute Gasteiger partial charge is 0.484 e. The fourth-order valence-electron chi connectivity index (χ4n) is 4.06. The molecule has 0 aliphatic carbocycles. The Labute approximate surface area is 165 Å². The van der Waals surface area contributed by atoms with Crippen molar-refractivity contribution in [1.29, 1.82) is 0 Å². The zero-order chi connectivity index (χ0) is 18.5. The van der Waals surface area contributed by atoms with Crippen LogP contribution < -0.4 is 4.74 Å². The lowest BCUT2D eigenvalue weighted by Crippen LogP contribution is -2.49. The third-order valence-corrected chi connectivity index (χ3v) is 6.71. The molecule has 2 heterocycles. The first-order valence-electron chi connectivity index (χ1n) is 10.0. The minimum atomic E-state index is 0.120. The number of likely N-dealkylation sites (tertiary alicyclic amines) is 1. The van der Waals surface area contributed by atoms with E-state index in [-0.39, 0.29) is 12.5 Å². The minimum absolute atomic E-state index is 0.120. The van der Waals surface area contributed by atoms with E-state index >= 15 is 0 Å². The van der Waals surface area contributed by atoms with Crippen LogP contribution in [0.15, 0.2) is 42.5 Å². The topological polar surface area (TPSA) is 32.8 Å².